The monoisotopic (exact) mass is 269 g/mol. The van der Waals surface area contributed by atoms with Crippen molar-refractivity contribution in [3.63, 3.8) is 0 Å². The first-order chi connectivity index (χ1) is 9.59. The van der Waals surface area contributed by atoms with Gasteiger partial charge in [0.25, 0.3) is 5.89 Å². The van der Waals surface area contributed by atoms with Crippen molar-refractivity contribution in [3.05, 3.63) is 59.9 Å². The number of nitrogens with two attached hydrogens (primary N) is 1. The maximum Gasteiger partial charge on any atom is 0.251 e. The highest BCUT2D eigenvalue weighted by molar-refractivity contribution is 5.56. The molecule has 0 radical (unpaired) electrons. The number of hydrogen-bond acceptors (Lipinski definition) is 5. The average Bonchev–Trinajstić information content (AvgIpc) is 3.08. The van der Waals surface area contributed by atoms with Crippen LogP contribution in [0.1, 0.15) is 24.1 Å². The van der Waals surface area contributed by atoms with Gasteiger partial charge in [-0.25, -0.2) is 0 Å². The van der Waals surface area contributed by atoms with Crippen LogP contribution in [-0.2, 0) is 5.54 Å². The Balaban J connectivity index is 2.00. The van der Waals surface area contributed by atoms with E-state index in [0.29, 0.717) is 11.7 Å². The lowest BCUT2D eigenvalue weighted by Crippen LogP contribution is -2.34. The van der Waals surface area contributed by atoms with Crippen LogP contribution < -0.4 is 5.73 Å². The molecule has 0 aliphatic carbocycles. The summed E-state index contributed by atoms with van der Waals surface area (Å²) in [5, 5.41) is 3.99. The van der Waals surface area contributed by atoms with Crippen LogP contribution in [0, 0.1) is 6.92 Å². The molecule has 1 atom stereocenters. The minimum absolute atomic E-state index is 0.374. The molecular weight excluding hydrogens is 254 g/mol. The highest BCUT2D eigenvalue weighted by atomic mass is 16.5. The molecule has 5 heteroatoms. The third kappa shape index (κ3) is 2.02. The van der Waals surface area contributed by atoms with Gasteiger partial charge in [-0.1, -0.05) is 35.5 Å². The maximum atomic E-state index is 6.34. The number of hydrogen-bond donors (Lipinski definition) is 1. The molecule has 2 aromatic heterocycles. The van der Waals surface area contributed by atoms with Crippen molar-refractivity contribution in [1.82, 2.24) is 10.1 Å². The summed E-state index contributed by atoms with van der Waals surface area (Å²) in [4.78, 5) is 4.40. The van der Waals surface area contributed by atoms with E-state index in [4.69, 9.17) is 14.7 Å². The van der Waals surface area contributed by atoms with E-state index in [2.05, 4.69) is 10.1 Å². The van der Waals surface area contributed by atoms with Crippen LogP contribution in [0.2, 0.25) is 0 Å². The smallest absolute Gasteiger partial charge is 0.251 e. The molecular formula is C15H15N3O2. The Hall–Kier alpha value is -2.40. The summed E-state index contributed by atoms with van der Waals surface area (Å²) in [6, 6.07) is 11.5. The van der Waals surface area contributed by atoms with Gasteiger partial charge in [-0.3, -0.25) is 0 Å². The van der Waals surface area contributed by atoms with Gasteiger partial charge in [0.2, 0.25) is 5.82 Å². The first-order valence-corrected chi connectivity index (χ1v) is 6.32. The fourth-order valence-electron chi connectivity index (χ4n) is 2.07. The minimum atomic E-state index is -0.829. The highest BCUT2D eigenvalue weighted by Crippen LogP contribution is 2.28. The minimum Gasteiger partial charge on any atom is -0.469 e. The Morgan fingerprint density at radius 1 is 1.15 bits per heavy atom. The standard InChI is InChI=1S/C15H15N3O2/c1-10-12(8-9-19-10)13-17-14(20-18-13)15(2,16)11-6-4-3-5-7-11/h3-9H,16H2,1-2H3. The third-order valence-corrected chi connectivity index (χ3v) is 3.34. The maximum absolute atomic E-state index is 6.34. The van der Waals surface area contributed by atoms with Gasteiger partial charge in [0, 0.05) is 0 Å². The van der Waals surface area contributed by atoms with Crippen LogP contribution in [0.5, 0.6) is 0 Å². The molecule has 0 aliphatic heterocycles. The molecule has 0 aliphatic rings. The fourth-order valence-corrected chi connectivity index (χ4v) is 2.07. The van der Waals surface area contributed by atoms with Crippen LogP contribution in [0.25, 0.3) is 11.4 Å². The van der Waals surface area contributed by atoms with Crippen molar-refractivity contribution in [2.75, 3.05) is 0 Å². The lowest BCUT2D eigenvalue weighted by Gasteiger charge is -2.20. The zero-order valence-electron chi connectivity index (χ0n) is 11.3. The van der Waals surface area contributed by atoms with Crippen LogP contribution >= 0.6 is 0 Å². The Morgan fingerprint density at radius 3 is 2.55 bits per heavy atom. The van der Waals surface area contributed by atoms with Gasteiger partial charge >= 0.3 is 0 Å². The lowest BCUT2D eigenvalue weighted by atomic mass is 9.93. The molecule has 0 spiro atoms. The number of furan rings is 1. The van der Waals surface area contributed by atoms with E-state index in [1.807, 2.05) is 44.2 Å². The topological polar surface area (TPSA) is 78.1 Å². The molecule has 2 heterocycles. The van der Waals surface area contributed by atoms with Crippen LogP contribution in [0.4, 0.5) is 0 Å². The van der Waals surface area contributed by atoms with Crippen molar-refractivity contribution in [2.24, 2.45) is 5.73 Å². The van der Waals surface area contributed by atoms with Gasteiger partial charge in [0.05, 0.1) is 11.8 Å². The van der Waals surface area contributed by atoms with E-state index in [0.717, 1.165) is 16.9 Å². The SMILES string of the molecule is Cc1occc1-c1noc(C(C)(N)c2ccccc2)n1. The second-order valence-electron chi connectivity index (χ2n) is 4.88. The van der Waals surface area contributed by atoms with Crippen LogP contribution in [-0.4, -0.2) is 10.1 Å². The summed E-state index contributed by atoms with van der Waals surface area (Å²) >= 11 is 0. The lowest BCUT2D eigenvalue weighted by molar-refractivity contribution is 0.325. The quantitative estimate of drug-likeness (QED) is 0.791. The van der Waals surface area contributed by atoms with E-state index in [1.54, 1.807) is 12.3 Å². The van der Waals surface area contributed by atoms with Crippen molar-refractivity contribution < 1.29 is 8.94 Å². The predicted octanol–water partition coefficient (Wildman–Crippen LogP) is 2.86. The Labute approximate surface area is 116 Å². The molecule has 0 saturated heterocycles. The Bertz CT molecular complexity index is 714. The summed E-state index contributed by atoms with van der Waals surface area (Å²) in [6.45, 7) is 3.70. The molecule has 1 unspecified atom stereocenters. The van der Waals surface area contributed by atoms with E-state index in [1.165, 1.54) is 0 Å². The predicted molar refractivity (Wildman–Crippen MR) is 73.8 cm³/mol. The van der Waals surface area contributed by atoms with E-state index >= 15 is 0 Å². The molecule has 20 heavy (non-hydrogen) atoms. The van der Waals surface area contributed by atoms with Gasteiger partial charge in [-0.05, 0) is 25.5 Å². The van der Waals surface area contributed by atoms with Gasteiger partial charge in [0.15, 0.2) is 0 Å². The Kier molecular flexibility index (Phi) is 2.91. The normalized spacial score (nSPS) is 14.2. The molecule has 3 aromatic rings. The zero-order valence-corrected chi connectivity index (χ0v) is 11.3. The third-order valence-electron chi connectivity index (χ3n) is 3.34. The highest BCUT2D eigenvalue weighted by Gasteiger charge is 2.30. The molecule has 5 nitrogen and oxygen atoms in total. The van der Waals surface area contributed by atoms with E-state index < -0.39 is 5.54 Å². The largest absolute Gasteiger partial charge is 0.469 e. The van der Waals surface area contributed by atoms with Crippen LogP contribution in [0.15, 0.2) is 51.6 Å². The summed E-state index contributed by atoms with van der Waals surface area (Å²) in [5.74, 6) is 1.61. The number of nitrogens with zero attached hydrogens (tertiary/aromatic N) is 2. The van der Waals surface area contributed by atoms with E-state index in [-0.39, 0.29) is 0 Å². The van der Waals surface area contributed by atoms with Crippen molar-refractivity contribution >= 4 is 0 Å². The Morgan fingerprint density at radius 2 is 1.90 bits per heavy atom. The number of rotatable bonds is 3. The molecule has 2 N–H and O–H groups in total. The van der Waals surface area contributed by atoms with Crippen molar-refractivity contribution in [2.45, 2.75) is 19.4 Å². The van der Waals surface area contributed by atoms with Crippen LogP contribution in [0.3, 0.4) is 0 Å². The summed E-state index contributed by atoms with van der Waals surface area (Å²) in [5.41, 5.74) is 7.24. The van der Waals surface area contributed by atoms with Gasteiger partial charge in [0.1, 0.15) is 11.3 Å². The first-order valence-electron chi connectivity index (χ1n) is 6.32. The fraction of sp³-hybridized carbons (Fsp3) is 0.200. The molecule has 1 aromatic carbocycles. The molecule has 102 valence electrons. The summed E-state index contributed by atoms with van der Waals surface area (Å²) in [7, 11) is 0. The van der Waals surface area contributed by atoms with Gasteiger partial charge in [-0.2, -0.15) is 4.98 Å². The van der Waals surface area contributed by atoms with Crippen molar-refractivity contribution in [3.8, 4) is 11.4 Å². The number of benzene rings is 1. The molecule has 0 fully saturated rings. The number of aryl methyl sites for hydroxylation is 1. The molecule has 0 saturated carbocycles. The first kappa shape index (κ1) is 12.6. The summed E-state index contributed by atoms with van der Waals surface area (Å²) < 4.78 is 10.6. The average molecular weight is 269 g/mol. The second kappa shape index (κ2) is 4.61. The van der Waals surface area contributed by atoms with Gasteiger partial charge < -0.3 is 14.7 Å². The van der Waals surface area contributed by atoms with E-state index in [9.17, 15) is 0 Å². The zero-order chi connectivity index (χ0) is 14.2. The molecule has 0 amide bonds. The number of aromatic nitrogens is 2. The molecule has 0 bridgehead atoms. The van der Waals surface area contributed by atoms with Crippen molar-refractivity contribution in [1.29, 1.82) is 0 Å². The second-order valence-corrected chi connectivity index (χ2v) is 4.88. The van der Waals surface area contributed by atoms with Gasteiger partial charge in [-0.15, -0.1) is 0 Å². The molecule has 3 rings (SSSR count). The summed E-state index contributed by atoms with van der Waals surface area (Å²) in [6.07, 6.45) is 1.60.